The van der Waals surface area contributed by atoms with Gasteiger partial charge in [-0.15, -0.1) is 0 Å². The minimum absolute atomic E-state index is 0.271. The van der Waals surface area contributed by atoms with E-state index in [0.717, 1.165) is 39.0 Å². The van der Waals surface area contributed by atoms with Gasteiger partial charge in [0.2, 0.25) is 0 Å². The van der Waals surface area contributed by atoms with E-state index in [1.807, 2.05) is 6.07 Å². The van der Waals surface area contributed by atoms with Crippen molar-refractivity contribution in [2.24, 2.45) is 0 Å². The number of hydrogen-bond acceptors (Lipinski definition) is 3. The molecule has 0 amide bonds. The van der Waals surface area contributed by atoms with Gasteiger partial charge in [-0.1, -0.05) is 30.3 Å². The summed E-state index contributed by atoms with van der Waals surface area (Å²) in [7, 11) is 0. The summed E-state index contributed by atoms with van der Waals surface area (Å²) >= 11 is 0. The summed E-state index contributed by atoms with van der Waals surface area (Å²) in [6.07, 6.45) is 2.09. The monoisotopic (exact) mass is 234 g/mol. The molecule has 1 unspecified atom stereocenters. The molecule has 0 saturated carbocycles. The van der Waals surface area contributed by atoms with Gasteiger partial charge in [0.1, 0.15) is 0 Å². The Kier molecular flexibility index (Phi) is 4.98. The summed E-state index contributed by atoms with van der Waals surface area (Å²) in [5.41, 5.74) is 1.36. The van der Waals surface area contributed by atoms with Crippen molar-refractivity contribution in [1.82, 2.24) is 10.2 Å². The van der Waals surface area contributed by atoms with Crippen molar-refractivity contribution in [3.63, 3.8) is 0 Å². The van der Waals surface area contributed by atoms with Crippen molar-refractivity contribution in [3.8, 4) is 0 Å². The van der Waals surface area contributed by atoms with Crippen molar-refractivity contribution >= 4 is 0 Å². The molecule has 0 aliphatic carbocycles. The van der Waals surface area contributed by atoms with E-state index in [1.165, 1.54) is 5.56 Å². The molecule has 1 atom stereocenters. The minimum Gasteiger partial charge on any atom is -0.395 e. The number of nitrogens with zero attached hydrogens (tertiary/aromatic N) is 1. The van der Waals surface area contributed by atoms with Crippen molar-refractivity contribution in [2.75, 3.05) is 32.8 Å². The topological polar surface area (TPSA) is 35.5 Å². The van der Waals surface area contributed by atoms with Crippen LogP contribution in [0, 0.1) is 0 Å². The zero-order valence-corrected chi connectivity index (χ0v) is 10.3. The third-order valence-electron chi connectivity index (χ3n) is 3.49. The van der Waals surface area contributed by atoms with Gasteiger partial charge in [0, 0.05) is 32.2 Å². The lowest BCUT2D eigenvalue weighted by molar-refractivity contribution is 0.104. The summed E-state index contributed by atoms with van der Waals surface area (Å²) in [5.74, 6) is 0. The highest BCUT2D eigenvalue weighted by molar-refractivity contribution is 5.14. The molecule has 3 heteroatoms. The van der Waals surface area contributed by atoms with Gasteiger partial charge in [-0.2, -0.15) is 0 Å². The Morgan fingerprint density at radius 1 is 1.18 bits per heavy atom. The minimum atomic E-state index is 0.271. The molecule has 1 fully saturated rings. The van der Waals surface area contributed by atoms with Crippen LogP contribution >= 0.6 is 0 Å². The molecule has 1 aromatic rings. The Morgan fingerprint density at radius 3 is 2.53 bits per heavy atom. The predicted octanol–water partition coefficient (Wildman–Crippen LogP) is 0.885. The molecule has 0 radical (unpaired) electrons. The first-order valence-corrected chi connectivity index (χ1v) is 6.49. The molecule has 0 spiro atoms. The Bertz CT molecular complexity index is 309. The van der Waals surface area contributed by atoms with Gasteiger partial charge >= 0.3 is 0 Å². The number of aryl methyl sites for hydroxylation is 1. The largest absolute Gasteiger partial charge is 0.395 e. The predicted molar refractivity (Wildman–Crippen MR) is 70.1 cm³/mol. The van der Waals surface area contributed by atoms with Crippen LogP contribution in [0.2, 0.25) is 0 Å². The maximum atomic E-state index is 9.49. The fourth-order valence-electron chi connectivity index (χ4n) is 2.41. The van der Waals surface area contributed by atoms with E-state index in [2.05, 4.69) is 34.5 Å². The van der Waals surface area contributed by atoms with E-state index in [9.17, 15) is 5.11 Å². The van der Waals surface area contributed by atoms with Crippen LogP contribution < -0.4 is 5.32 Å². The van der Waals surface area contributed by atoms with Crippen LogP contribution in [0.5, 0.6) is 0 Å². The van der Waals surface area contributed by atoms with Crippen LogP contribution in [-0.4, -0.2) is 48.8 Å². The average Bonchev–Trinajstić information content (AvgIpc) is 2.42. The molecular weight excluding hydrogens is 212 g/mol. The summed E-state index contributed by atoms with van der Waals surface area (Å²) in [4.78, 5) is 2.40. The smallest absolute Gasteiger partial charge is 0.0587 e. The van der Waals surface area contributed by atoms with E-state index in [4.69, 9.17) is 0 Å². The second-order valence-corrected chi connectivity index (χ2v) is 4.65. The molecule has 0 bridgehead atoms. The first-order valence-electron chi connectivity index (χ1n) is 6.49. The van der Waals surface area contributed by atoms with Gasteiger partial charge in [-0.05, 0) is 18.4 Å². The molecule has 1 aliphatic rings. The van der Waals surface area contributed by atoms with Crippen molar-refractivity contribution in [1.29, 1.82) is 0 Å². The van der Waals surface area contributed by atoms with Crippen LogP contribution in [0.3, 0.4) is 0 Å². The number of benzene rings is 1. The lowest BCUT2D eigenvalue weighted by atomic mass is 10.0. The average molecular weight is 234 g/mol. The third kappa shape index (κ3) is 3.80. The quantitative estimate of drug-likeness (QED) is 0.794. The fraction of sp³-hybridized carbons (Fsp3) is 0.571. The van der Waals surface area contributed by atoms with Crippen molar-refractivity contribution in [3.05, 3.63) is 35.9 Å². The highest BCUT2D eigenvalue weighted by atomic mass is 16.3. The van der Waals surface area contributed by atoms with Gasteiger partial charge < -0.3 is 10.4 Å². The first kappa shape index (κ1) is 12.6. The normalized spacial score (nSPS) is 19.1. The Hall–Kier alpha value is -0.900. The Labute approximate surface area is 103 Å². The summed E-state index contributed by atoms with van der Waals surface area (Å²) in [5, 5.41) is 12.8. The van der Waals surface area contributed by atoms with Gasteiger partial charge in [-0.3, -0.25) is 4.90 Å². The van der Waals surface area contributed by atoms with E-state index in [0.29, 0.717) is 6.04 Å². The number of nitrogens with one attached hydrogen (secondary N) is 1. The van der Waals surface area contributed by atoms with Gasteiger partial charge in [0.05, 0.1) is 6.61 Å². The lowest BCUT2D eigenvalue weighted by Gasteiger charge is -2.34. The molecule has 2 N–H and O–H groups in total. The van der Waals surface area contributed by atoms with Gasteiger partial charge in [-0.25, -0.2) is 0 Å². The van der Waals surface area contributed by atoms with E-state index in [1.54, 1.807) is 0 Å². The maximum absolute atomic E-state index is 9.49. The molecule has 1 heterocycles. The zero-order chi connectivity index (χ0) is 11.9. The van der Waals surface area contributed by atoms with Gasteiger partial charge in [0.15, 0.2) is 0 Å². The van der Waals surface area contributed by atoms with Crippen LogP contribution in [-0.2, 0) is 6.42 Å². The number of piperazine rings is 1. The number of aliphatic hydroxyl groups is 1. The Balaban J connectivity index is 1.82. The lowest BCUT2D eigenvalue weighted by Crippen LogP contribution is -2.49. The van der Waals surface area contributed by atoms with E-state index >= 15 is 0 Å². The first-order chi connectivity index (χ1) is 8.40. The van der Waals surface area contributed by atoms with Crippen LogP contribution in [0.4, 0.5) is 0 Å². The number of hydrogen-bond donors (Lipinski definition) is 2. The van der Waals surface area contributed by atoms with Crippen molar-refractivity contribution in [2.45, 2.75) is 18.9 Å². The Morgan fingerprint density at radius 2 is 1.88 bits per heavy atom. The number of aliphatic hydroxyl groups excluding tert-OH is 1. The highest BCUT2D eigenvalue weighted by Gasteiger charge is 2.19. The molecule has 94 valence electrons. The summed E-state index contributed by atoms with van der Waals surface area (Å²) in [6, 6.07) is 10.8. The van der Waals surface area contributed by atoms with E-state index < -0.39 is 0 Å². The fourth-order valence-corrected chi connectivity index (χ4v) is 2.41. The number of rotatable bonds is 5. The molecule has 1 aromatic carbocycles. The molecule has 3 nitrogen and oxygen atoms in total. The molecule has 0 aromatic heterocycles. The van der Waals surface area contributed by atoms with Crippen LogP contribution in [0.25, 0.3) is 0 Å². The standard InChI is InChI=1S/C14H22N2O/c17-12-14(16-10-8-15-9-11-16)7-6-13-4-2-1-3-5-13/h1-5,14-15,17H,6-12H2. The molecular formula is C14H22N2O. The summed E-state index contributed by atoms with van der Waals surface area (Å²) in [6.45, 7) is 4.47. The van der Waals surface area contributed by atoms with Crippen molar-refractivity contribution < 1.29 is 5.11 Å². The molecule has 1 aliphatic heterocycles. The van der Waals surface area contributed by atoms with E-state index in [-0.39, 0.29) is 6.61 Å². The second-order valence-electron chi connectivity index (χ2n) is 4.65. The highest BCUT2D eigenvalue weighted by Crippen LogP contribution is 2.10. The van der Waals surface area contributed by atoms with Crippen LogP contribution in [0.15, 0.2) is 30.3 Å². The molecule has 1 saturated heterocycles. The second kappa shape index (κ2) is 6.74. The summed E-state index contributed by atoms with van der Waals surface area (Å²) < 4.78 is 0. The SMILES string of the molecule is OCC(CCc1ccccc1)N1CCNCC1. The van der Waals surface area contributed by atoms with Crippen LogP contribution in [0.1, 0.15) is 12.0 Å². The van der Waals surface area contributed by atoms with Gasteiger partial charge in [0.25, 0.3) is 0 Å². The zero-order valence-electron chi connectivity index (χ0n) is 10.3. The third-order valence-corrected chi connectivity index (χ3v) is 3.49. The maximum Gasteiger partial charge on any atom is 0.0587 e. The molecule has 17 heavy (non-hydrogen) atoms. The molecule has 2 rings (SSSR count).